The van der Waals surface area contributed by atoms with Gasteiger partial charge < -0.3 is 15.4 Å². The second-order valence-corrected chi connectivity index (χ2v) is 8.91. The molecule has 3 rings (SSSR count). The Morgan fingerprint density at radius 2 is 1.76 bits per heavy atom. The number of amidine groups is 1. The molecular formula is C19H21ClN4O4S. The molecule has 154 valence electrons. The third-order valence-electron chi connectivity index (χ3n) is 4.56. The Kier molecular flexibility index (Phi) is 6.11. The number of hydrogen-bond donors (Lipinski definition) is 2. The summed E-state index contributed by atoms with van der Waals surface area (Å²) in [5.41, 5.74) is 6.80. The molecule has 0 radical (unpaired) electrons. The molecule has 1 unspecified atom stereocenters. The number of esters is 1. The maximum atomic E-state index is 13.0. The lowest BCUT2D eigenvalue weighted by Crippen LogP contribution is -2.56. The third-order valence-corrected chi connectivity index (χ3v) is 6.69. The molecule has 1 heterocycles. The predicted molar refractivity (Wildman–Crippen MR) is 111 cm³/mol. The largest absolute Gasteiger partial charge is 0.440 e. The highest BCUT2D eigenvalue weighted by molar-refractivity contribution is 7.89. The lowest BCUT2D eigenvalue weighted by molar-refractivity contribution is -0.147. The van der Waals surface area contributed by atoms with Gasteiger partial charge in [0.25, 0.3) is 0 Å². The molecule has 1 fully saturated rings. The van der Waals surface area contributed by atoms with Crippen molar-refractivity contribution in [3.8, 4) is 0 Å². The van der Waals surface area contributed by atoms with E-state index in [1.54, 1.807) is 24.3 Å². The molecule has 1 aliphatic rings. The number of carbonyl (C=O) groups is 1. The highest BCUT2D eigenvalue weighted by Crippen LogP contribution is 2.26. The van der Waals surface area contributed by atoms with Gasteiger partial charge in [0.1, 0.15) is 5.84 Å². The smallest absolute Gasteiger partial charge is 0.304 e. The number of piperazine rings is 1. The molecule has 29 heavy (non-hydrogen) atoms. The molecule has 0 amide bonds. The number of benzene rings is 2. The first-order chi connectivity index (χ1) is 13.7. The molecule has 8 nitrogen and oxygen atoms in total. The quantitative estimate of drug-likeness (QED) is 0.420. The van der Waals surface area contributed by atoms with Gasteiger partial charge in [-0.25, -0.2) is 8.42 Å². The van der Waals surface area contributed by atoms with Crippen molar-refractivity contribution in [1.29, 1.82) is 5.41 Å². The van der Waals surface area contributed by atoms with E-state index in [1.807, 2.05) is 4.90 Å². The third kappa shape index (κ3) is 4.69. The van der Waals surface area contributed by atoms with Gasteiger partial charge in [0.05, 0.1) is 11.4 Å². The van der Waals surface area contributed by atoms with E-state index in [9.17, 15) is 13.2 Å². The number of sulfonamides is 1. The summed E-state index contributed by atoms with van der Waals surface area (Å²) in [6.07, 6.45) is -0.786. The average molecular weight is 437 g/mol. The van der Waals surface area contributed by atoms with Crippen LogP contribution in [0.25, 0.3) is 0 Å². The Morgan fingerprint density at radius 3 is 2.31 bits per heavy atom. The first-order valence-electron chi connectivity index (χ1n) is 8.82. The summed E-state index contributed by atoms with van der Waals surface area (Å²) < 4.78 is 32.7. The summed E-state index contributed by atoms with van der Waals surface area (Å²) in [7, 11) is -3.76. The number of nitrogens with zero attached hydrogens (tertiary/aromatic N) is 2. The van der Waals surface area contributed by atoms with Crippen molar-refractivity contribution in [2.75, 3.05) is 24.5 Å². The van der Waals surface area contributed by atoms with Gasteiger partial charge in [-0.15, -0.1) is 0 Å². The van der Waals surface area contributed by atoms with Crippen molar-refractivity contribution >= 4 is 39.1 Å². The van der Waals surface area contributed by atoms with Gasteiger partial charge in [-0.2, -0.15) is 4.31 Å². The molecule has 0 aliphatic carbocycles. The van der Waals surface area contributed by atoms with E-state index in [2.05, 4.69) is 0 Å². The number of carbonyl (C=O) groups excluding carboxylic acids is 1. The molecule has 0 spiro atoms. The van der Waals surface area contributed by atoms with Crippen molar-refractivity contribution in [3.05, 3.63) is 59.1 Å². The van der Waals surface area contributed by atoms with Gasteiger partial charge in [-0.3, -0.25) is 10.2 Å². The zero-order valence-corrected chi connectivity index (χ0v) is 17.3. The van der Waals surface area contributed by atoms with Gasteiger partial charge >= 0.3 is 5.97 Å². The Balaban J connectivity index is 1.85. The van der Waals surface area contributed by atoms with Gasteiger partial charge in [-0.1, -0.05) is 11.6 Å². The topological polar surface area (TPSA) is 117 Å². The standard InChI is InChI=1S/C19H21ClN4O4S/c1-13(25)28-18-12-23(29(26,27)17-8-4-15(20)5-9-17)10-11-24(18)16-6-2-14(3-7-16)19(21)22/h2-9,18H,10-12H2,1H3,(H3,21,22). The van der Waals surface area contributed by atoms with Crippen LogP contribution in [0.5, 0.6) is 0 Å². The molecule has 10 heteroatoms. The van der Waals surface area contributed by atoms with Gasteiger partial charge in [0.15, 0.2) is 6.23 Å². The number of halogens is 1. The molecule has 0 aromatic heterocycles. The predicted octanol–water partition coefficient (Wildman–Crippen LogP) is 2.02. The van der Waals surface area contributed by atoms with Crippen molar-refractivity contribution < 1.29 is 17.9 Å². The molecule has 0 bridgehead atoms. The normalized spacial score (nSPS) is 17.7. The lowest BCUT2D eigenvalue weighted by Gasteiger charge is -2.41. The zero-order chi connectivity index (χ0) is 21.2. The van der Waals surface area contributed by atoms with Gasteiger partial charge in [0, 0.05) is 36.3 Å². The fourth-order valence-electron chi connectivity index (χ4n) is 3.12. The molecule has 2 aromatic rings. The molecule has 1 saturated heterocycles. The van der Waals surface area contributed by atoms with Crippen molar-refractivity contribution in [1.82, 2.24) is 4.31 Å². The Labute approximate surface area is 174 Å². The van der Waals surface area contributed by atoms with Crippen LogP contribution in [0.3, 0.4) is 0 Å². The van der Waals surface area contributed by atoms with Crippen molar-refractivity contribution in [3.63, 3.8) is 0 Å². The summed E-state index contributed by atoms with van der Waals surface area (Å²) in [5, 5.41) is 7.93. The fourth-order valence-corrected chi connectivity index (χ4v) is 4.67. The molecule has 3 N–H and O–H groups in total. The van der Waals surface area contributed by atoms with Crippen LogP contribution >= 0.6 is 11.6 Å². The number of nitrogens with one attached hydrogen (secondary N) is 1. The Morgan fingerprint density at radius 1 is 1.14 bits per heavy atom. The SMILES string of the molecule is CC(=O)OC1CN(S(=O)(=O)c2ccc(Cl)cc2)CCN1c1ccc(C(=N)N)cc1. The van der Waals surface area contributed by atoms with Crippen molar-refractivity contribution in [2.45, 2.75) is 18.0 Å². The number of nitrogen functional groups attached to an aromatic ring is 1. The van der Waals surface area contributed by atoms with E-state index in [-0.39, 0.29) is 23.8 Å². The number of ether oxygens (including phenoxy) is 1. The van der Waals surface area contributed by atoms with E-state index < -0.39 is 22.2 Å². The number of rotatable bonds is 5. The summed E-state index contributed by atoms with van der Waals surface area (Å²) in [6.45, 7) is 1.81. The molecule has 2 aromatic carbocycles. The van der Waals surface area contributed by atoms with Gasteiger partial charge in [-0.05, 0) is 48.5 Å². The maximum absolute atomic E-state index is 13.0. The molecule has 0 saturated carbocycles. The van der Waals surface area contributed by atoms with E-state index in [4.69, 9.17) is 27.5 Å². The Hall–Kier alpha value is -2.62. The molecular weight excluding hydrogens is 416 g/mol. The second-order valence-electron chi connectivity index (χ2n) is 6.53. The van der Waals surface area contributed by atoms with Crippen LogP contribution < -0.4 is 10.6 Å². The van der Waals surface area contributed by atoms with Crippen LogP contribution in [-0.4, -0.2) is 50.4 Å². The van der Waals surface area contributed by atoms with Crippen LogP contribution in [0, 0.1) is 5.41 Å². The minimum Gasteiger partial charge on any atom is -0.440 e. The van der Waals surface area contributed by atoms with E-state index >= 15 is 0 Å². The summed E-state index contributed by atoms with van der Waals surface area (Å²) in [4.78, 5) is 13.6. The van der Waals surface area contributed by atoms with Gasteiger partial charge in [0.2, 0.25) is 10.0 Å². The average Bonchev–Trinajstić information content (AvgIpc) is 2.68. The first kappa shape index (κ1) is 21.1. The fraction of sp³-hybridized carbons (Fsp3) is 0.263. The number of nitrogens with two attached hydrogens (primary N) is 1. The van der Waals surface area contributed by atoms with Crippen LogP contribution in [0.1, 0.15) is 12.5 Å². The van der Waals surface area contributed by atoms with E-state index in [1.165, 1.54) is 35.5 Å². The minimum absolute atomic E-state index is 0.0149. The number of anilines is 1. The van der Waals surface area contributed by atoms with Crippen molar-refractivity contribution in [2.24, 2.45) is 5.73 Å². The monoisotopic (exact) mass is 436 g/mol. The van der Waals surface area contributed by atoms with Crippen LogP contribution in [0.15, 0.2) is 53.4 Å². The summed E-state index contributed by atoms with van der Waals surface area (Å²) in [6, 6.07) is 12.8. The van der Waals surface area contributed by atoms with Crippen LogP contribution in [0.4, 0.5) is 5.69 Å². The van der Waals surface area contributed by atoms with E-state index in [0.29, 0.717) is 17.1 Å². The molecule has 1 atom stereocenters. The highest BCUT2D eigenvalue weighted by Gasteiger charge is 2.36. The van der Waals surface area contributed by atoms with Crippen LogP contribution in [0.2, 0.25) is 5.02 Å². The van der Waals surface area contributed by atoms with E-state index in [0.717, 1.165) is 5.69 Å². The lowest BCUT2D eigenvalue weighted by atomic mass is 10.1. The Bertz CT molecular complexity index is 1010. The molecule has 1 aliphatic heterocycles. The van der Waals surface area contributed by atoms with Crippen LogP contribution in [-0.2, 0) is 19.6 Å². The maximum Gasteiger partial charge on any atom is 0.304 e. The first-order valence-corrected chi connectivity index (χ1v) is 10.6. The number of hydrogen-bond acceptors (Lipinski definition) is 6. The summed E-state index contributed by atoms with van der Waals surface area (Å²) in [5.74, 6) is -0.557. The minimum atomic E-state index is -3.76. The summed E-state index contributed by atoms with van der Waals surface area (Å²) >= 11 is 5.85. The highest BCUT2D eigenvalue weighted by atomic mass is 35.5. The zero-order valence-electron chi connectivity index (χ0n) is 15.7. The second kappa shape index (κ2) is 8.40.